The molecule has 142 valence electrons. The van der Waals surface area contributed by atoms with Crippen molar-refractivity contribution in [1.29, 1.82) is 0 Å². The van der Waals surface area contributed by atoms with Gasteiger partial charge in [-0.05, 0) is 61.7 Å². The Morgan fingerprint density at radius 1 is 0.926 bits per heavy atom. The van der Waals surface area contributed by atoms with Crippen LogP contribution in [0.5, 0.6) is 0 Å². The summed E-state index contributed by atoms with van der Waals surface area (Å²) >= 11 is 11.7. The molecule has 0 radical (unpaired) electrons. The van der Waals surface area contributed by atoms with Crippen LogP contribution in [0.3, 0.4) is 0 Å². The Kier molecular flexibility index (Phi) is 6.99. The molecule has 1 N–H and O–H groups in total. The number of ketones is 1. The van der Waals surface area contributed by atoms with E-state index in [4.69, 9.17) is 27.9 Å². The zero-order chi connectivity index (χ0) is 20.1. The number of carbonyl (C=O) groups is 3. The lowest BCUT2D eigenvalue weighted by Gasteiger charge is -2.10. The van der Waals surface area contributed by atoms with E-state index in [0.29, 0.717) is 10.6 Å². The second-order valence-electron chi connectivity index (χ2n) is 6.14. The average Bonchev–Trinajstić information content (AvgIpc) is 2.60. The first-order valence-corrected chi connectivity index (χ1v) is 8.94. The third-order valence-electron chi connectivity index (χ3n) is 4.07. The van der Waals surface area contributed by atoms with Crippen LogP contribution in [0.2, 0.25) is 10.0 Å². The zero-order valence-corrected chi connectivity index (χ0v) is 16.7. The van der Waals surface area contributed by atoms with E-state index in [2.05, 4.69) is 5.32 Å². The molecule has 27 heavy (non-hydrogen) atoms. The van der Waals surface area contributed by atoms with Gasteiger partial charge in [0.15, 0.2) is 6.61 Å². The van der Waals surface area contributed by atoms with Crippen molar-refractivity contribution < 1.29 is 19.1 Å². The van der Waals surface area contributed by atoms with Gasteiger partial charge in [0, 0.05) is 10.6 Å². The number of nitrogens with one attached hydrogen (secondary N) is 1. The smallest absolute Gasteiger partial charge is 0.325 e. The molecular formula is C20H19Cl2NO4. The maximum Gasteiger partial charge on any atom is 0.325 e. The minimum Gasteiger partial charge on any atom is -0.456 e. The van der Waals surface area contributed by atoms with Crippen LogP contribution in [0.25, 0.3) is 0 Å². The summed E-state index contributed by atoms with van der Waals surface area (Å²) in [5, 5.41) is 2.97. The van der Waals surface area contributed by atoms with Gasteiger partial charge in [0.25, 0.3) is 5.91 Å². The van der Waals surface area contributed by atoms with Gasteiger partial charge < -0.3 is 10.1 Å². The topological polar surface area (TPSA) is 72.5 Å². The van der Waals surface area contributed by atoms with Crippen molar-refractivity contribution in [2.24, 2.45) is 0 Å². The maximum atomic E-state index is 12.3. The molecule has 7 heteroatoms. The summed E-state index contributed by atoms with van der Waals surface area (Å²) in [6.07, 6.45) is 0. The Labute approximate surface area is 167 Å². The molecule has 0 aliphatic carbocycles. The summed E-state index contributed by atoms with van der Waals surface area (Å²) < 4.78 is 4.96. The van der Waals surface area contributed by atoms with Crippen LogP contribution < -0.4 is 5.32 Å². The Morgan fingerprint density at radius 3 is 2.26 bits per heavy atom. The second-order valence-corrected chi connectivity index (χ2v) is 6.99. The third-order valence-corrected chi connectivity index (χ3v) is 4.62. The quantitative estimate of drug-likeness (QED) is 0.578. The van der Waals surface area contributed by atoms with E-state index in [1.54, 1.807) is 6.07 Å². The molecule has 0 heterocycles. The number of ether oxygens (including phenoxy) is 1. The van der Waals surface area contributed by atoms with Gasteiger partial charge in [-0.3, -0.25) is 14.4 Å². The van der Waals surface area contributed by atoms with Crippen molar-refractivity contribution in [2.45, 2.75) is 20.8 Å². The van der Waals surface area contributed by atoms with Crippen LogP contribution in [-0.2, 0) is 9.53 Å². The molecular weight excluding hydrogens is 389 g/mol. The number of benzene rings is 2. The lowest BCUT2D eigenvalue weighted by Crippen LogP contribution is -2.31. The zero-order valence-electron chi connectivity index (χ0n) is 15.2. The van der Waals surface area contributed by atoms with Crippen LogP contribution in [0.15, 0.2) is 30.3 Å². The summed E-state index contributed by atoms with van der Waals surface area (Å²) in [7, 11) is 0. The minimum atomic E-state index is -0.719. The lowest BCUT2D eigenvalue weighted by atomic mass is 9.98. The summed E-state index contributed by atoms with van der Waals surface area (Å²) in [6.45, 7) is 4.94. The molecule has 0 aromatic heterocycles. The molecule has 0 fully saturated rings. The van der Waals surface area contributed by atoms with Crippen LogP contribution in [0.4, 0.5) is 0 Å². The van der Waals surface area contributed by atoms with Crippen molar-refractivity contribution in [3.63, 3.8) is 0 Å². The van der Waals surface area contributed by atoms with Crippen molar-refractivity contribution in [3.8, 4) is 0 Å². The van der Waals surface area contributed by atoms with Gasteiger partial charge in [0.1, 0.15) is 6.54 Å². The molecule has 2 aromatic rings. The molecule has 2 rings (SSSR count). The lowest BCUT2D eigenvalue weighted by molar-refractivity contribution is -0.141. The number of esters is 1. The summed E-state index contributed by atoms with van der Waals surface area (Å²) in [5.41, 5.74) is 3.61. The van der Waals surface area contributed by atoms with Gasteiger partial charge in [0.2, 0.25) is 5.78 Å². The highest BCUT2D eigenvalue weighted by atomic mass is 35.5. The number of rotatable bonds is 6. The van der Waals surface area contributed by atoms with E-state index in [-0.39, 0.29) is 29.5 Å². The molecule has 1 amide bonds. The van der Waals surface area contributed by atoms with E-state index < -0.39 is 11.9 Å². The molecule has 0 aliphatic rings. The number of hydrogen-bond donors (Lipinski definition) is 1. The Bertz CT molecular complexity index is 909. The predicted molar refractivity (Wildman–Crippen MR) is 105 cm³/mol. The molecule has 0 aliphatic heterocycles. The van der Waals surface area contributed by atoms with Crippen LogP contribution >= 0.6 is 23.2 Å². The Morgan fingerprint density at radius 2 is 1.59 bits per heavy atom. The highest BCUT2D eigenvalue weighted by Crippen LogP contribution is 2.20. The second kappa shape index (κ2) is 9.02. The van der Waals surface area contributed by atoms with Crippen molar-refractivity contribution in [2.75, 3.05) is 13.2 Å². The first-order chi connectivity index (χ1) is 12.7. The van der Waals surface area contributed by atoms with Crippen molar-refractivity contribution in [3.05, 3.63) is 68.2 Å². The minimum absolute atomic E-state index is 0.175. The predicted octanol–water partition coefficient (Wildman–Crippen LogP) is 4.07. The Balaban J connectivity index is 1.88. The normalized spacial score (nSPS) is 10.4. The van der Waals surface area contributed by atoms with Gasteiger partial charge in [0.05, 0.1) is 10.6 Å². The molecule has 2 aromatic carbocycles. The average molecular weight is 408 g/mol. The van der Waals surface area contributed by atoms with Crippen LogP contribution in [0.1, 0.15) is 37.4 Å². The number of hydrogen-bond acceptors (Lipinski definition) is 4. The van der Waals surface area contributed by atoms with Crippen molar-refractivity contribution >= 4 is 40.9 Å². The maximum absolute atomic E-state index is 12.3. The molecule has 5 nitrogen and oxygen atoms in total. The molecule has 0 saturated heterocycles. The largest absolute Gasteiger partial charge is 0.456 e. The fourth-order valence-electron chi connectivity index (χ4n) is 2.46. The van der Waals surface area contributed by atoms with E-state index in [0.717, 1.165) is 16.7 Å². The number of carbonyl (C=O) groups excluding carboxylic acids is 3. The van der Waals surface area contributed by atoms with Gasteiger partial charge >= 0.3 is 5.97 Å². The fourth-order valence-corrected chi connectivity index (χ4v) is 2.95. The van der Waals surface area contributed by atoms with E-state index in [9.17, 15) is 14.4 Å². The fraction of sp³-hybridized carbons (Fsp3) is 0.250. The van der Waals surface area contributed by atoms with E-state index in [1.165, 1.54) is 18.2 Å². The third kappa shape index (κ3) is 5.55. The standard InChI is InChI=1S/C20H19Cl2NO4/c1-11-6-13(3)16(7-12(11)2)18(24)10-27-19(25)9-23-20(26)15-5-4-14(21)8-17(15)22/h4-8H,9-10H2,1-3H3,(H,23,26). The monoisotopic (exact) mass is 407 g/mol. The number of halogens is 2. The number of amides is 1. The highest BCUT2D eigenvalue weighted by Gasteiger charge is 2.15. The van der Waals surface area contributed by atoms with Gasteiger partial charge in [-0.2, -0.15) is 0 Å². The summed E-state index contributed by atoms with van der Waals surface area (Å²) in [5.74, 6) is -1.55. The van der Waals surface area contributed by atoms with Gasteiger partial charge in [-0.1, -0.05) is 29.3 Å². The molecule has 0 spiro atoms. The molecule has 0 saturated carbocycles. The molecule has 0 atom stereocenters. The first kappa shape index (κ1) is 20.9. The van der Waals surface area contributed by atoms with Crippen LogP contribution in [0, 0.1) is 20.8 Å². The Hall–Kier alpha value is -2.37. The van der Waals surface area contributed by atoms with E-state index >= 15 is 0 Å². The summed E-state index contributed by atoms with van der Waals surface area (Å²) in [4.78, 5) is 36.1. The van der Waals surface area contributed by atoms with Gasteiger partial charge in [-0.15, -0.1) is 0 Å². The number of aryl methyl sites for hydroxylation is 3. The SMILES string of the molecule is Cc1cc(C)c(C(=O)COC(=O)CNC(=O)c2ccc(Cl)cc2Cl)cc1C. The van der Waals surface area contributed by atoms with Crippen molar-refractivity contribution in [1.82, 2.24) is 5.32 Å². The van der Waals surface area contributed by atoms with Crippen LogP contribution in [-0.4, -0.2) is 30.8 Å². The number of Topliss-reactive ketones (excluding diaryl/α,β-unsaturated/α-hetero) is 1. The first-order valence-electron chi connectivity index (χ1n) is 8.19. The van der Waals surface area contributed by atoms with Gasteiger partial charge in [-0.25, -0.2) is 0 Å². The summed E-state index contributed by atoms with van der Waals surface area (Å²) in [6, 6.07) is 8.11. The molecule has 0 bridgehead atoms. The van der Waals surface area contributed by atoms with E-state index in [1.807, 2.05) is 26.8 Å². The highest BCUT2D eigenvalue weighted by molar-refractivity contribution is 6.36. The molecule has 0 unspecified atom stereocenters.